The van der Waals surface area contributed by atoms with Crippen LogP contribution < -0.4 is 10.6 Å². The van der Waals surface area contributed by atoms with Crippen LogP contribution in [0.5, 0.6) is 0 Å². The topological polar surface area (TPSA) is 90.5 Å². The van der Waals surface area contributed by atoms with Crippen molar-refractivity contribution in [1.29, 1.82) is 0 Å². The van der Waals surface area contributed by atoms with E-state index in [1.807, 2.05) is 9.80 Å². The Labute approximate surface area is 182 Å². The fourth-order valence-electron chi connectivity index (χ4n) is 3.04. The third kappa shape index (κ3) is 6.13. The molecule has 0 bridgehead atoms. The third-order valence-corrected chi connectivity index (χ3v) is 6.82. The minimum atomic E-state index is -0.339. The first-order valence-electron chi connectivity index (χ1n) is 9.83. The smallest absolute Gasteiger partial charge is 0.238 e. The number of hydrogen-bond acceptors (Lipinski definition) is 8. The van der Waals surface area contributed by atoms with Crippen LogP contribution in [-0.4, -0.2) is 76.3 Å². The lowest BCUT2D eigenvalue weighted by molar-refractivity contribution is -0.130. The normalized spacial score (nSPS) is 17.0. The van der Waals surface area contributed by atoms with Crippen LogP contribution >= 0.6 is 23.1 Å². The van der Waals surface area contributed by atoms with Gasteiger partial charge in [0, 0.05) is 37.9 Å². The predicted molar refractivity (Wildman–Crippen MR) is 115 cm³/mol. The molecule has 11 heteroatoms. The average Bonchev–Trinajstić information content (AvgIpc) is 3.44. The Bertz CT molecular complexity index is 881. The molecule has 2 aromatic rings. The summed E-state index contributed by atoms with van der Waals surface area (Å²) in [4.78, 5) is 28.5. The molecule has 30 heavy (non-hydrogen) atoms. The van der Waals surface area contributed by atoms with Crippen molar-refractivity contribution in [3.63, 3.8) is 0 Å². The van der Waals surface area contributed by atoms with Crippen LogP contribution in [0.25, 0.3) is 0 Å². The van der Waals surface area contributed by atoms with E-state index in [1.165, 1.54) is 60.2 Å². The number of thioether (sulfide) groups is 1. The molecular formula is C19H23FN6O2S2. The third-order valence-electron chi connectivity index (χ3n) is 4.85. The van der Waals surface area contributed by atoms with Crippen LogP contribution in [0.2, 0.25) is 0 Å². The minimum absolute atomic E-state index is 0.0716. The zero-order valence-corrected chi connectivity index (χ0v) is 18.0. The molecule has 2 aliphatic rings. The Kier molecular flexibility index (Phi) is 6.80. The molecule has 0 atom stereocenters. The van der Waals surface area contributed by atoms with Gasteiger partial charge in [0.2, 0.25) is 16.9 Å². The molecule has 8 nitrogen and oxygen atoms in total. The summed E-state index contributed by atoms with van der Waals surface area (Å²) in [6, 6.07) is 6.22. The maximum absolute atomic E-state index is 12.9. The zero-order valence-electron chi connectivity index (χ0n) is 16.3. The molecule has 0 unspecified atom stereocenters. The number of aromatic nitrogens is 2. The molecule has 1 aromatic heterocycles. The Balaban J connectivity index is 1.15. The average molecular weight is 451 g/mol. The highest BCUT2D eigenvalue weighted by Crippen LogP contribution is 2.30. The Morgan fingerprint density at radius 3 is 2.57 bits per heavy atom. The van der Waals surface area contributed by atoms with Gasteiger partial charge in [-0.25, -0.2) is 4.39 Å². The number of halogens is 1. The summed E-state index contributed by atoms with van der Waals surface area (Å²) < 4.78 is 13.7. The molecule has 1 aliphatic heterocycles. The van der Waals surface area contributed by atoms with E-state index >= 15 is 0 Å². The number of nitrogens with one attached hydrogen (secondary N) is 2. The number of amides is 2. The van der Waals surface area contributed by atoms with Gasteiger partial charge in [-0.1, -0.05) is 23.1 Å². The van der Waals surface area contributed by atoms with Crippen molar-refractivity contribution in [1.82, 2.24) is 20.0 Å². The van der Waals surface area contributed by atoms with Gasteiger partial charge in [0.05, 0.1) is 12.3 Å². The van der Waals surface area contributed by atoms with E-state index in [4.69, 9.17) is 0 Å². The van der Waals surface area contributed by atoms with Crippen molar-refractivity contribution in [2.24, 2.45) is 0 Å². The van der Waals surface area contributed by atoms with Gasteiger partial charge < -0.3 is 15.5 Å². The largest absolute Gasteiger partial charge is 0.357 e. The second-order valence-corrected chi connectivity index (χ2v) is 9.49. The summed E-state index contributed by atoms with van der Waals surface area (Å²) in [5.41, 5.74) is 0.569. The molecule has 1 aromatic carbocycles. The number of carbonyl (C=O) groups excluding carboxylic acids is 2. The van der Waals surface area contributed by atoms with E-state index in [0.29, 0.717) is 43.7 Å². The van der Waals surface area contributed by atoms with Gasteiger partial charge >= 0.3 is 0 Å². The number of nitrogens with zero attached hydrogens (tertiary/aromatic N) is 4. The molecule has 1 aliphatic carbocycles. The van der Waals surface area contributed by atoms with Gasteiger partial charge in [-0.2, -0.15) is 0 Å². The number of piperazine rings is 1. The molecule has 160 valence electrons. The first kappa shape index (κ1) is 21.0. The maximum atomic E-state index is 12.9. The minimum Gasteiger partial charge on any atom is -0.357 e. The Morgan fingerprint density at radius 1 is 1.13 bits per heavy atom. The standard InChI is InChI=1S/C19H23FN6O2S2/c20-13-1-3-14(4-2-13)21-16(27)11-25-7-9-26(10-8-25)17(28)12-29-19-24-23-18(30-19)22-15-5-6-15/h1-4,15H,5-12H2,(H,21,27)(H,22,23). The highest BCUT2D eigenvalue weighted by atomic mass is 32.2. The van der Waals surface area contributed by atoms with Crippen LogP contribution in [-0.2, 0) is 9.59 Å². The number of benzene rings is 1. The van der Waals surface area contributed by atoms with Gasteiger partial charge in [0.25, 0.3) is 0 Å². The number of carbonyl (C=O) groups is 2. The Hall–Kier alpha value is -2.24. The van der Waals surface area contributed by atoms with Crippen LogP contribution in [0.1, 0.15) is 12.8 Å². The van der Waals surface area contributed by atoms with E-state index < -0.39 is 0 Å². The van der Waals surface area contributed by atoms with Crippen molar-refractivity contribution in [2.75, 3.05) is 49.1 Å². The van der Waals surface area contributed by atoms with Crippen LogP contribution in [0, 0.1) is 5.82 Å². The van der Waals surface area contributed by atoms with Crippen molar-refractivity contribution in [3.05, 3.63) is 30.1 Å². The zero-order chi connectivity index (χ0) is 20.9. The van der Waals surface area contributed by atoms with Gasteiger partial charge in [-0.15, -0.1) is 10.2 Å². The molecule has 2 N–H and O–H groups in total. The van der Waals surface area contributed by atoms with Crippen LogP contribution in [0.4, 0.5) is 15.2 Å². The first-order valence-corrected chi connectivity index (χ1v) is 11.6. The lowest BCUT2D eigenvalue weighted by Crippen LogP contribution is -2.50. The summed E-state index contributed by atoms with van der Waals surface area (Å²) in [6.45, 7) is 2.71. The van der Waals surface area contributed by atoms with E-state index in [9.17, 15) is 14.0 Å². The van der Waals surface area contributed by atoms with Gasteiger partial charge in [-0.05, 0) is 37.1 Å². The van der Waals surface area contributed by atoms with E-state index in [0.717, 1.165) is 9.47 Å². The maximum Gasteiger partial charge on any atom is 0.238 e. The molecule has 1 saturated heterocycles. The summed E-state index contributed by atoms with van der Waals surface area (Å²) in [5, 5.41) is 15.1. The summed E-state index contributed by atoms with van der Waals surface area (Å²) in [6.07, 6.45) is 2.36. The van der Waals surface area contributed by atoms with Crippen LogP contribution in [0.15, 0.2) is 28.6 Å². The quantitative estimate of drug-likeness (QED) is 0.596. The van der Waals surface area contributed by atoms with Crippen molar-refractivity contribution in [3.8, 4) is 0 Å². The highest BCUT2D eigenvalue weighted by molar-refractivity contribution is 8.01. The van der Waals surface area contributed by atoms with Gasteiger partial charge in [0.15, 0.2) is 4.34 Å². The van der Waals surface area contributed by atoms with Crippen LogP contribution in [0.3, 0.4) is 0 Å². The lowest BCUT2D eigenvalue weighted by Gasteiger charge is -2.34. The molecule has 1 saturated carbocycles. The molecule has 2 fully saturated rings. The molecular weight excluding hydrogens is 427 g/mol. The monoisotopic (exact) mass is 450 g/mol. The summed E-state index contributed by atoms with van der Waals surface area (Å²) in [7, 11) is 0. The summed E-state index contributed by atoms with van der Waals surface area (Å²) in [5.74, 6) is -0.0806. The fraction of sp³-hybridized carbons (Fsp3) is 0.474. The SMILES string of the molecule is O=C(CN1CCN(C(=O)CSc2nnc(NC3CC3)s2)CC1)Nc1ccc(F)cc1. The van der Waals surface area contributed by atoms with E-state index in [2.05, 4.69) is 20.8 Å². The first-order chi connectivity index (χ1) is 14.5. The lowest BCUT2D eigenvalue weighted by atomic mass is 10.3. The predicted octanol–water partition coefficient (Wildman–Crippen LogP) is 2.13. The highest BCUT2D eigenvalue weighted by Gasteiger charge is 2.24. The van der Waals surface area contributed by atoms with Crippen molar-refractivity contribution >= 4 is 45.7 Å². The molecule has 2 amide bonds. The van der Waals surface area contributed by atoms with Crippen molar-refractivity contribution < 1.29 is 14.0 Å². The van der Waals surface area contributed by atoms with Gasteiger partial charge in [0.1, 0.15) is 5.82 Å². The summed E-state index contributed by atoms with van der Waals surface area (Å²) >= 11 is 2.90. The second-order valence-electron chi connectivity index (χ2n) is 7.29. The Morgan fingerprint density at radius 2 is 1.87 bits per heavy atom. The molecule has 0 radical (unpaired) electrons. The number of anilines is 2. The molecule has 4 rings (SSSR count). The number of rotatable bonds is 8. The van der Waals surface area contributed by atoms with Crippen molar-refractivity contribution in [2.45, 2.75) is 23.2 Å². The van der Waals surface area contributed by atoms with E-state index in [1.54, 1.807) is 0 Å². The number of hydrogen-bond donors (Lipinski definition) is 2. The molecule has 0 spiro atoms. The molecule has 2 heterocycles. The van der Waals surface area contributed by atoms with E-state index in [-0.39, 0.29) is 24.2 Å². The second kappa shape index (κ2) is 9.71. The van der Waals surface area contributed by atoms with Gasteiger partial charge in [-0.3, -0.25) is 14.5 Å². The fourth-order valence-corrected chi connectivity index (χ4v) is 4.77.